The molecule has 0 atom stereocenters. The molecule has 4 rings (SSSR count). The Morgan fingerprint density at radius 1 is 1.16 bits per heavy atom. The predicted octanol–water partition coefficient (Wildman–Crippen LogP) is 5.15. The van der Waals surface area contributed by atoms with Gasteiger partial charge < -0.3 is 9.79 Å². The summed E-state index contributed by atoms with van der Waals surface area (Å²) in [7, 11) is -2.30. The fourth-order valence-corrected chi connectivity index (χ4v) is 5.76. The molecule has 166 valence electrons. The third kappa shape index (κ3) is 5.01. The molecule has 2 saturated carbocycles. The molecule has 0 radical (unpaired) electrons. The zero-order valence-electron chi connectivity index (χ0n) is 17.6. The minimum absolute atomic E-state index is 0.00647. The highest BCUT2D eigenvalue weighted by Gasteiger charge is 2.33. The molecule has 0 spiro atoms. The molecular weight excluding hydrogens is 435 g/mol. The van der Waals surface area contributed by atoms with Gasteiger partial charge in [-0.2, -0.15) is 0 Å². The summed E-state index contributed by atoms with van der Waals surface area (Å²) in [5, 5.41) is 0.326. The van der Waals surface area contributed by atoms with Crippen LogP contribution in [0.25, 0.3) is 5.69 Å². The maximum absolute atomic E-state index is 11.3. The van der Waals surface area contributed by atoms with Gasteiger partial charge in [-0.05, 0) is 74.8 Å². The molecule has 2 aliphatic carbocycles. The molecule has 0 amide bonds. The van der Waals surface area contributed by atoms with Crippen LogP contribution in [0.15, 0.2) is 34.3 Å². The van der Waals surface area contributed by atoms with Gasteiger partial charge >= 0.3 is 7.60 Å². The Morgan fingerprint density at radius 3 is 2.29 bits per heavy atom. The molecule has 7 nitrogen and oxygen atoms in total. The first-order valence-corrected chi connectivity index (χ1v) is 12.8. The van der Waals surface area contributed by atoms with Crippen molar-refractivity contribution in [1.29, 1.82) is 0 Å². The van der Waals surface area contributed by atoms with Gasteiger partial charge in [0.15, 0.2) is 11.0 Å². The van der Waals surface area contributed by atoms with E-state index in [1.807, 2.05) is 4.57 Å². The van der Waals surface area contributed by atoms with Gasteiger partial charge in [0, 0.05) is 18.7 Å². The highest BCUT2D eigenvalue weighted by atomic mass is 35.5. The molecule has 0 bridgehead atoms. The van der Waals surface area contributed by atoms with Crippen LogP contribution in [-0.2, 0) is 4.57 Å². The van der Waals surface area contributed by atoms with Gasteiger partial charge in [-0.1, -0.05) is 23.7 Å². The molecule has 31 heavy (non-hydrogen) atoms. The summed E-state index contributed by atoms with van der Waals surface area (Å²) in [5.41, 5.74) is 2.80. The first-order valence-electron chi connectivity index (χ1n) is 10.7. The second kappa shape index (κ2) is 8.99. The Morgan fingerprint density at radius 2 is 1.77 bits per heavy atom. The van der Waals surface area contributed by atoms with Crippen molar-refractivity contribution in [1.82, 2.24) is 9.55 Å². The minimum atomic E-state index is -3.93. The third-order valence-electron chi connectivity index (χ3n) is 6.33. The van der Waals surface area contributed by atoms with Gasteiger partial charge in [0.2, 0.25) is 0 Å². The van der Waals surface area contributed by atoms with Crippen LogP contribution >= 0.6 is 19.2 Å². The molecule has 2 aromatic rings. The summed E-state index contributed by atoms with van der Waals surface area (Å²) in [6.45, 7) is 3.73. The Bertz CT molecular complexity index is 1030. The second-order valence-electron chi connectivity index (χ2n) is 8.58. The molecule has 2 aliphatic rings. The molecule has 0 aliphatic heterocycles. The van der Waals surface area contributed by atoms with E-state index in [1.165, 1.54) is 5.56 Å². The fraction of sp³-hybridized carbons (Fsp3) is 0.500. The Labute approximate surface area is 187 Å². The monoisotopic (exact) mass is 462 g/mol. The van der Waals surface area contributed by atoms with Crippen molar-refractivity contribution in [2.45, 2.75) is 50.4 Å². The number of nitrogens with zero attached hydrogens (tertiary/aromatic N) is 4. The predicted molar refractivity (Wildman–Crippen MR) is 125 cm³/mol. The number of rotatable bonds is 7. The Kier molecular flexibility index (Phi) is 6.50. The highest BCUT2D eigenvalue weighted by Crippen LogP contribution is 2.45. The van der Waals surface area contributed by atoms with E-state index >= 15 is 0 Å². The van der Waals surface area contributed by atoms with Crippen LogP contribution in [0.2, 0.25) is 0 Å². The van der Waals surface area contributed by atoms with E-state index in [9.17, 15) is 14.4 Å². The Balaban J connectivity index is 1.56. The molecule has 2 N–H and O–H groups in total. The van der Waals surface area contributed by atoms with Crippen molar-refractivity contribution in [3.8, 4) is 5.69 Å². The molecule has 1 aromatic heterocycles. The van der Waals surface area contributed by atoms with Crippen LogP contribution in [0.3, 0.4) is 0 Å². The van der Waals surface area contributed by atoms with Crippen molar-refractivity contribution in [2.24, 2.45) is 15.9 Å². The summed E-state index contributed by atoms with van der Waals surface area (Å²) in [5.74, 6) is 2.50. The third-order valence-corrected chi connectivity index (χ3v) is 7.67. The molecule has 1 heterocycles. The zero-order valence-corrected chi connectivity index (χ0v) is 19.3. The molecule has 2 fully saturated rings. The van der Waals surface area contributed by atoms with Crippen LogP contribution in [-0.4, -0.2) is 44.4 Å². The van der Waals surface area contributed by atoms with Crippen LogP contribution < -0.4 is 0 Å². The maximum Gasteiger partial charge on any atom is 0.325 e. The van der Waals surface area contributed by atoms with E-state index in [4.69, 9.17) is 16.6 Å². The van der Waals surface area contributed by atoms with E-state index in [-0.39, 0.29) is 12.1 Å². The topological polar surface area (TPSA) is 100 Å². The normalized spacial score (nSPS) is 22.5. The van der Waals surface area contributed by atoms with Gasteiger partial charge in [-0.15, -0.1) is 0 Å². The lowest BCUT2D eigenvalue weighted by molar-refractivity contribution is 0.316. The smallest absolute Gasteiger partial charge is 0.324 e. The van der Waals surface area contributed by atoms with E-state index < -0.39 is 7.60 Å². The molecule has 9 heteroatoms. The van der Waals surface area contributed by atoms with E-state index in [0.29, 0.717) is 28.5 Å². The summed E-state index contributed by atoms with van der Waals surface area (Å²) >= 11 is 6.29. The quantitative estimate of drug-likeness (QED) is 0.439. The van der Waals surface area contributed by atoms with Crippen molar-refractivity contribution in [3.63, 3.8) is 0 Å². The Hall–Kier alpha value is -1.79. The standard InChI is InChI=1S/C22H28ClN4O3P/c1-24-20(23)19-22(25-2)27(21(26-19)17-7-8-17)18-11-9-16(10-12-18)15-5-3-14(4-6-15)13-31(28,29)30/h9-12,14-15,17H,2-8,13H2,1H3,(H2,28,29,30). The largest absolute Gasteiger partial charge is 0.325 e. The first kappa shape index (κ1) is 22.4. The zero-order chi connectivity index (χ0) is 22.2. The lowest BCUT2D eigenvalue weighted by Crippen LogP contribution is -2.16. The molecule has 1 aromatic carbocycles. The summed E-state index contributed by atoms with van der Waals surface area (Å²) in [6.07, 6.45) is 5.82. The van der Waals surface area contributed by atoms with Gasteiger partial charge in [0.25, 0.3) is 0 Å². The lowest BCUT2D eigenvalue weighted by Gasteiger charge is -2.29. The number of hydrogen-bond acceptors (Lipinski definition) is 4. The molecule has 0 unspecified atom stereocenters. The highest BCUT2D eigenvalue weighted by molar-refractivity contribution is 7.51. The van der Waals surface area contributed by atoms with Crippen LogP contribution in [0, 0.1) is 5.92 Å². The SMILES string of the molecule is C=Nc1c(C(Cl)=NC)nc(C2CC2)n1-c1ccc(C2CCC(CP(=O)(O)O)CC2)cc1. The number of aliphatic imine (C=N–C) groups is 2. The second-order valence-corrected chi connectivity index (χ2v) is 10.6. The van der Waals surface area contributed by atoms with Crippen molar-refractivity contribution < 1.29 is 14.4 Å². The van der Waals surface area contributed by atoms with Gasteiger partial charge in [-0.3, -0.25) is 14.1 Å². The van der Waals surface area contributed by atoms with Gasteiger partial charge in [-0.25, -0.2) is 9.98 Å². The number of benzene rings is 1. The van der Waals surface area contributed by atoms with E-state index in [0.717, 1.165) is 50.0 Å². The average molecular weight is 463 g/mol. The van der Waals surface area contributed by atoms with Crippen LogP contribution in [0.1, 0.15) is 67.4 Å². The van der Waals surface area contributed by atoms with Crippen molar-refractivity contribution in [2.75, 3.05) is 13.2 Å². The van der Waals surface area contributed by atoms with Crippen molar-refractivity contribution in [3.05, 3.63) is 41.3 Å². The van der Waals surface area contributed by atoms with Gasteiger partial charge in [0.05, 0.1) is 6.16 Å². The van der Waals surface area contributed by atoms with E-state index in [2.05, 4.69) is 41.0 Å². The lowest BCUT2D eigenvalue weighted by atomic mass is 9.79. The van der Waals surface area contributed by atoms with Crippen molar-refractivity contribution >= 4 is 36.9 Å². The average Bonchev–Trinajstić information content (AvgIpc) is 3.52. The summed E-state index contributed by atoms with van der Waals surface area (Å²) in [4.78, 5) is 31.5. The number of imidazole rings is 1. The first-order chi connectivity index (χ1) is 14.8. The fourth-order valence-electron chi connectivity index (χ4n) is 4.60. The number of halogens is 1. The number of hydrogen-bond donors (Lipinski definition) is 2. The summed E-state index contributed by atoms with van der Waals surface area (Å²) in [6, 6.07) is 8.45. The minimum Gasteiger partial charge on any atom is -0.324 e. The molecule has 0 saturated heterocycles. The van der Waals surface area contributed by atoms with Crippen LogP contribution in [0.4, 0.5) is 5.82 Å². The molecular formula is C22H28ClN4O3P. The maximum atomic E-state index is 11.3. The van der Waals surface area contributed by atoms with E-state index in [1.54, 1.807) is 7.05 Å². The number of aromatic nitrogens is 2. The van der Waals surface area contributed by atoms with Gasteiger partial charge in [0.1, 0.15) is 11.5 Å². The summed E-state index contributed by atoms with van der Waals surface area (Å²) < 4.78 is 13.3. The van der Waals surface area contributed by atoms with Crippen LogP contribution in [0.5, 0.6) is 0 Å².